The smallest absolute Gasteiger partial charge is 0.345 e. The zero-order valence-electron chi connectivity index (χ0n) is 8.20. The van der Waals surface area contributed by atoms with Gasteiger partial charge in [-0.25, -0.2) is 9.78 Å². The first-order chi connectivity index (χ1) is 7.59. The molecule has 7 nitrogen and oxygen atoms in total. The number of aromatic nitrogens is 1. The third-order valence-corrected chi connectivity index (χ3v) is 3.43. The Balaban J connectivity index is 2.22. The fourth-order valence-corrected chi connectivity index (χ4v) is 2.53. The standard InChI is InChI=1S/C8H9N3O4S/c12-7(13)5-2-1-3-10(5)8-9-4-6(16-8)11(14)15/h4-5H,1-3H2,(H,12,13). The van der Waals surface area contributed by atoms with E-state index in [0.717, 1.165) is 24.0 Å². The molecule has 0 aliphatic carbocycles. The largest absolute Gasteiger partial charge is 0.480 e. The topological polar surface area (TPSA) is 96.6 Å². The van der Waals surface area contributed by atoms with Crippen LogP contribution in [0.2, 0.25) is 0 Å². The first kappa shape index (κ1) is 10.8. The molecule has 1 atom stereocenters. The molecule has 0 spiro atoms. The minimum atomic E-state index is -0.907. The molecule has 16 heavy (non-hydrogen) atoms. The number of aliphatic carboxylic acids is 1. The third kappa shape index (κ3) is 1.83. The minimum Gasteiger partial charge on any atom is -0.480 e. The molecule has 2 heterocycles. The molecule has 86 valence electrons. The van der Waals surface area contributed by atoms with Gasteiger partial charge in [0.15, 0.2) is 5.13 Å². The molecule has 8 heteroatoms. The Morgan fingerprint density at radius 3 is 3.06 bits per heavy atom. The second kappa shape index (κ2) is 4.05. The van der Waals surface area contributed by atoms with Crippen LogP contribution in [0.5, 0.6) is 0 Å². The molecular weight excluding hydrogens is 234 g/mol. The molecule has 1 aromatic rings. The van der Waals surface area contributed by atoms with Crippen molar-refractivity contribution in [3.63, 3.8) is 0 Å². The van der Waals surface area contributed by atoms with Crippen molar-refractivity contribution in [2.75, 3.05) is 11.4 Å². The number of anilines is 1. The number of carboxylic acid groups (broad SMARTS) is 1. The summed E-state index contributed by atoms with van der Waals surface area (Å²) in [6.45, 7) is 0.585. The summed E-state index contributed by atoms with van der Waals surface area (Å²) in [6, 6.07) is -0.606. The highest BCUT2D eigenvalue weighted by molar-refractivity contribution is 7.18. The average molecular weight is 243 g/mol. The van der Waals surface area contributed by atoms with Crippen LogP contribution in [-0.2, 0) is 4.79 Å². The Morgan fingerprint density at radius 2 is 2.50 bits per heavy atom. The van der Waals surface area contributed by atoms with E-state index in [1.54, 1.807) is 4.90 Å². The van der Waals surface area contributed by atoms with Gasteiger partial charge in [0.05, 0.1) is 4.92 Å². The molecule has 0 radical (unpaired) electrons. The Bertz CT molecular complexity index is 433. The summed E-state index contributed by atoms with van der Waals surface area (Å²) >= 11 is 0.912. The van der Waals surface area contributed by atoms with Gasteiger partial charge in [0.25, 0.3) is 0 Å². The summed E-state index contributed by atoms with van der Waals surface area (Å²) in [7, 11) is 0. The van der Waals surface area contributed by atoms with Crippen LogP contribution in [0.1, 0.15) is 12.8 Å². The normalized spacial score (nSPS) is 20.0. The minimum absolute atomic E-state index is 0.0639. The van der Waals surface area contributed by atoms with Crippen molar-refractivity contribution in [1.29, 1.82) is 0 Å². The fraction of sp³-hybridized carbons (Fsp3) is 0.500. The number of thiazole rings is 1. The van der Waals surface area contributed by atoms with Crippen LogP contribution in [-0.4, -0.2) is 33.6 Å². The molecule has 1 fully saturated rings. The zero-order chi connectivity index (χ0) is 11.7. The summed E-state index contributed by atoms with van der Waals surface area (Å²) < 4.78 is 0. The van der Waals surface area contributed by atoms with Gasteiger partial charge in [-0.2, -0.15) is 0 Å². The van der Waals surface area contributed by atoms with Gasteiger partial charge < -0.3 is 10.0 Å². The van der Waals surface area contributed by atoms with E-state index in [2.05, 4.69) is 4.98 Å². The van der Waals surface area contributed by atoms with E-state index in [1.165, 1.54) is 0 Å². The number of nitro groups is 1. The van der Waals surface area contributed by atoms with Crippen molar-refractivity contribution < 1.29 is 14.8 Å². The number of carbonyl (C=O) groups is 1. The van der Waals surface area contributed by atoms with Crippen molar-refractivity contribution in [3.8, 4) is 0 Å². The molecule has 1 aliphatic rings. The molecular formula is C8H9N3O4S. The van der Waals surface area contributed by atoms with Gasteiger partial charge in [0.2, 0.25) is 0 Å². The quantitative estimate of drug-likeness (QED) is 0.630. The van der Waals surface area contributed by atoms with Gasteiger partial charge in [-0.3, -0.25) is 10.1 Å². The van der Waals surface area contributed by atoms with Gasteiger partial charge in [-0.05, 0) is 24.2 Å². The maximum Gasteiger partial charge on any atom is 0.345 e. The first-order valence-corrected chi connectivity index (χ1v) is 5.51. The van der Waals surface area contributed by atoms with E-state index in [9.17, 15) is 14.9 Å². The summed E-state index contributed by atoms with van der Waals surface area (Å²) in [4.78, 5) is 26.4. The lowest BCUT2D eigenvalue weighted by atomic mass is 10.2. The van der Waals surface area contributed by atoms with Crippen LogP contribution in [0.15, 0.2) is 6.20 Å². The van der Waals surface area contributed by atoms with Crippen LogP contribution in [0, 0.1) is 10.1 Å². The highest BCUT2D eigenvalue weighted by Crippen LogP contribution is 2.32. The summed E-state index contributed by atoms with van der Waals surface area (Å²) in [5, 5.41) is 19.8. The van der Waals surface area contributed by atoms with E-state index in [-0.39, 0.29) is 5.00 Å². The van der Waals surface area contributed by atoms with E-state index >= 15 is 0 Å². The molecule has 1 aliphatic heterocycles. The van der Waals surface area contributed by atoms with Crippen molar-refractivity contribution in [2.24, 2.45) is 0 Å². The van der Waals surface area contributed by atoms with E-state index in [1.807, 2.05) is 0 Å². The van der Waals surface area contributed by atoms with Crippen LogP contribution < -0.4 is 4.90 Å². The van der Waals surface area contributed by atoms with Gasteiger partial charge in [0.1, 0.15) is 12.2 Å². The molecule has 1 aromatic heterocycles. The maximum atomic E-state index is 10.9. The molecule has 2 rings (SSSR count). The number of hydrogen-bond donors (Lipinski definition) is 1. The van der Waals surface area contributed by atoms with Crippen LogP contribution in [0.3, 0.4) is 0 Å². The monoisotopic (exact) mass is 243 g/mol. The lowest BCUT2D eigenvalue weighted by molar-refractivity contribution is -0.380. The van der Waals surface area contributed by atoms with Gasteiger partial charge >= 0.3 is 11.0 Å². The molecule has 1 N–H and O–H groups in total. The number of hydrogen-bond acceptors (Lipinski definition) is 6. The molecule has 1 saturated heterocycles. The van der Waals surface area contributed by atoms with Crippen LogP contribution in [0.25, 0.3) is 0 Å². The molecule has 0 bridgehead atoms. The van der Waals surface area contributed by atoms with Crippen LogP contribution >= 0.6 is 11.3 Å². The van der Waals surface area contributed by atoms with Gasteiger partial charge in [-0.1, -0.05) is 0 Å². The zero-order valence-corrected chi connectivity index (χ0v) is 9.01. The molecule has 0 amide bonds. The lowest BCUT2D eigenvalue weighted by Gasteiger charge is -2.19. The third-order valence-electron chi connectivity index (χ3n) is 2.44. The number of carboxylic acids is 1. The average Bonchev–Trinajstić information content (AvgIpc) is 2.86. The highest BCUT2D eigenvalue weighted by atomic mass is 32.1. The second-order valence-electron chi connectivity index (χ2n) is 3.43. The van der Waals surface area contributed by atoms with E-state index < -0.39 is 16.9 Å². The first-order valence-electron chi connectivity index (χ1n) is 4.69. The molecule has 0 saturated carbocycles. The van der Waals surface area contributed by atoms with Gasteiger partial charge in [0, 0.05) is 6.54 Å². The summed E-state index contributed by atoms with van der Waals surface area (Å²) in [6.07, 6.45) is 2.49. The second-order valence-corrected chi connectivity index (χ2v) is 4.42. The summed E-state index contributed by atoms with van der Waals surface area (Å²) in [5.41, 5.74) is 0. The Labute approximate surface area is 94.5 Å². The lowest BCUT2D eigenvalue weighted by Crippen LogP contribution is -2.35. The van der Waals surface area contributed by atoms with Crippen molar-refractivity contribution >= 4 is 27.4 Å². The Kier molecular flexibility index (Phi) is 2.73. The summed E-state index contributed by atoms with van der Waals surface area (Å²) in [5.74, 6) is -0.907. The van der Waals surface area contributed by atoms with E-state index in [0.29, 0.717) is 18.1 Å². The van der Waals surface area contributed by atoms with Crippen LogP contribution in [0.4, 0.5) is 10.1 Å². The predicted molar refractivity (Wildman–Crippen MR) is 56.8 cm³/mol. The van der Waals surface area contributed by atoms with Crippen molar-refractivity contribution in [2.45, 2.75) is 18.9 Å². The molecule has 1 unspecified atom stereocenters. The highest BCUT2D eigenvalue weighted by Gasteiger charge is 2.33. The van der Waals surface area contributed by atoms with Gasteiger partial charge in [-0.15, -0.1) is 0 Å². The van der Waals surface area contributed by atoms with E-state index in [4.69, 9.17) is 5.11 Å². The Morgan fingerprint density at radius 1 is 1.75 bits per heavy atom. The maximum absolute atomic E-state index is 10.9. The molecule has 0 aromatic carbocycles. The Hall–Kier alpha value is -1.70. The number of rotatable bonds is 3. The SMILES string of the molecule is O=C(O)C1CCCN1c1ncc([N+](=O)[O-])s1. The predicted octanol–water partition coefficient (Wildman–Crippen LogP) is 1.10. The van der Waals surface area contributed by atoms with Crippen molar-refractivity contribution in [3.05, 3.63) is 16.3 Å². The fourth-order valence-electron chi connectivity index (χ4n) is 1.73. The van der Waals surface area contributed by atoms with Crippen molar-refractivity contribution in [1.82, 2.24) is 4.98 Å². The number of nitrogens with zero attached hydrogens (tertiary/aromatic N) is 3.